The number of nitrogens with one attached hydrogen (secondary N) is 1. The minimum Gasteiger partial charge on any atom is -0.310 e. The molecule has 0 aliphatic heterocycles. The largest absolute Gasteiger partial charge is 0.310 e. The quantitative estimate of drug-likeness (QED) is 0.364. The lowest BCUT2D eigenvalue weighted by molar-refractivity contribution is -0.116. The van der Waals surface area contributed by atoms with Gasteiger partial charge in [-0.05, 0) is 36.2 Å². The van der Waals surface area contributed by atoms with E-state index < -0.39 is 0 Å². The Bertz CT molecular complexity index is 1350. The molecule has 0 unspecified atom stereocenters. The zero-order valence-electron chi connectivity index (χ0n) is 18.3. The summed E-state index contributed by atoms with van der Waals surface area (Å²) < 4.78 is 1.69. The van der Waals surface area contributed by atoms with Gasteiger partial charge >= 0.3 is 0 Å². The van der Waals surface area contributed by atoms with E-state index in [1.807, 2.05) is 85.8 Å². The van der Waals surface area contributed by atoms with Crippen molar-refractivity contribution in [3.05, 3.63) is 120 Å². The molecular weight excluding hydrogens is 408 g/mol. The Hall–Kier alpha value is -4.25. The zero-order chi connectivity index (χ0) is 22.6. The Kier molecular flexibility index (Phi) is 5.68. The highest BCUT2D eigenvalue weighted by Gasteiger charge is 2.20. The molecule has 5 heteroatoms. The van der Waals surface area contributed by atoms with Crippen LogP contribution in [-0.2, 0) is 4.79 Å². The number of nitrogens with zero attached hydrogens (tertiary/aromatic N) is 3. The summed E-state index contributed by atoms with van der Waals surface area (Å²) in [4.78, 5) is 17.9. The van der Waals surface area contributed by atoms with Crippen molar-refractivity contribution in [1.29, 1.82) is 0 Å². The van der Waals surface area contributed by atoms with Gasteiger partial charge in [0.05, 0.1) is 11.2 Å². The van der Waals surface area contributed by atoms with E-state index >= 15 is 0 Å². The molecule has 0 bridgehead atoms. The predicted molar refractivity (Wildman–Crippen MR) is 132 cm³/mol. The van der Waals surface area contributed by atoms with Gasteiger partial charge in [0.15, 0.2) is 5.82 Å². The lowest BCUT2D eigenvalue weighted by atomic mass is 9.88. The number of benzene rings is 3. The first kappa shape index (κ1) is 20.6. The van der Waals surface area contributed by atoms with Crippen molar-refractivity contribution in [2.75, 3.05) is 5.32 Å². The van der Waals surface area contributed by atoms with Crippen molar-refractivity contribution >= 4 is 22.6 Å². The van der Waals surface area contributed by atoms with Crippen LogP contribution in [0.4, 0.5) is 5.82 Å². The van der Waals surface area contributed by atoms with Gasteiger partial charge in [-0.1, -0.05) is 78.9 Å². The minimum absolute atomic E-state index is 0.0383. The Balaban J connectivity index is 1.42. The summed E-state index contributed by atoms with van der Waals surface area (Å²) in [5.41, 5.74) is 3.91. The van der Waals surface area contributed by atoms with Crippen LogP contribution < -0.4 is 5.32 Å². The molecular formula is C28H24N4O. The Morgan fingerprint density at radius 2 is 1.48 bits per heavy atom. The minimum atomic E-state index is -0.0744. The van der Waals surface area contributed by atoms with Crippen molar-refractivity contribution < 1.29 is 4.79 Å². The van der Waals surface area contributed by atoms with Gasteiger partial charge in [0.25, 0.3) is 0 Å². The second kappa shape index (κ2) is 9.09. The molecule has 2 heterocycles. The van der Waals surface area contributed by atoms with Crippen LogP contribution in [0.3, 0.4) is 0 Å². The van der Waals surface area contributed by atoms with E-state index in [1.165, 1.54) is 0 Å². The van der Waals surface area contributed by atoms with Gasteiger partial charge in [-0.2, -0.15) is 9.78 Å². The molecule has 5 nitrogen and oxygen atoms in total. The number of aryl methyl sites for hydroxylation is 1. The van der Waals surface area contributed by atoms with E-state index in [1.54, 1.807) is 4.68 Å². The smallest absolute Gasteiger partial charge is 0.226 e. The monoisotopic (exact) mass is 432 g/mol. The van der Waals surface area contributed by atoms with E-state index in [0.29, 0.717) is 18.1 Å². The highest BCUT2D eigenvalue weighted by molar-refractivity contribution is 5.91. The van der Waals surface area contributed by atoms with Crippen LogP contribution in [-0.4, -0.2) is 20.7 Å². The SMILES string of the molecule is Cc1cc(NC(=O)CC(c2ccccc2)c2ccccc2)n(-c2ccc3ccccc3n2)n1. The molecule has 1 N–H and O–H groups in total. The summed E-state index contributed by atoms with van der Waals surface area (Å²) in [5, 5.41) is 8.70. The Morgan fingerprint density at radius 1 is 0.848 bits per heavy atom. The van der Waals surface area contributed by atoms with Gasteiger partial charge < -0.3 is 5.32 Å². The van der Waals surface area contributed by atoms with Crippen LogP contribution in [0.15, 0.2) is 103 Å². The number of carbonyl (C=O) groups is 1. The molecule has 0 atom stereocenters. The number of carbonyl (C=O) groups excluding carboxylic acids is 1. The van der Waals surface area contributed by atoms with Gasteiger partial charge in [-0.25, -0.2) is 4.98 Å². The molecule has 0 aliphatic carbocycles. The van der Waals surface area contributed by atoms with Crippen LogP contribution in [0.25, 0.3) is 16.7 Å². The lowest BCUT2D eigenvalue weighted by Crippen LogP contribution is -2.18. The third-order valence-corrected chi connectivity index (χ3v) is 5.69. The average molecular weight is 433 g/mol. The molecule has 5 rings (SSSR count). The molecule has 2 aromatic heterocycles. The molecule has 0 saturated carbocycles. The molecule has 0 radical (unpaired) electrons. The van der Waals surface area contributed by atoms with Gasteiger partial charge in [0, 0.05) is 23.8 Å². The molecule has 0 fully saturated rings. The van der Waals surface area contributed by atoms with Crippen LogP contribution in [0.5, 0.6) is 0 Å². The normalized spacial score (nSPS) is 11.1. The first-order valence-electron chi connectivity index (χ1n) is 11.0. The van der Waals surface area contributed by atoms with Crippen molar-refractivity contribution in [1.82, 2.24) is 14.8 Å². The molecule has 0 spiro atoms. The van der Waals surface area contributed by atoms with Crippen molar-refractivity contribution in [2.24, 2.45) is 0 Å². The summed E-state index contributed by atoms with van der Waals surface area (Å²) in [5.74, 6) is 1.17. The molecule has 0 aliphatic rings. The molecule has 3 aromatic carbocycles. The molecule has 0 saturated heterocycles. The topological polar surface area (TPSA) is 59.8 Å². The first-order valence-corrected chi connectivity index (χ1v) is 11.0. The third-order valence-electron chi connectivity index (χ3n) is 5.69. The number of fused-ring (bicyclic) bond motifs is 1. The summed E-state index contributed by atoms with van der Waals surface area (Å²) in [6.07, 6.45) is 0.323. The van der Waals surface area contributed by atoms with E-state index in [0.717, 1.165) is 27.7 Å². The van der Waals surface area contributed by atoms with Crippen molar-refractivity contribution in [3.8, 4) is 5.82 Å². The standard InChI is InChI=1S/C28H24N4O/c1-20-18-27(32(31-20)26-17-16-23-14-8-9-15-25(23)29-26)30-28(33)19-24(21-10-4-2-5-11-21)22-12-6-3-7-13-22/h2-18,24H,19H2,1H3,(H,30,33). The van der Waals surface area contributed by atoms with Crippen LogP contribution >= 0.6 is 0 Å². The third kappa shape index (κ3) is 4.53. The van der Waals surface area contributed by atoms with E-state index in [4.69, 9.17) is 4.98 Å². The van der Waals surface area contributed by atoms with E-state index in [-0.39, 0.29) is 11.8 Å². The van der Waals surface area contributed by atoms with Crippen molar-refractivity contribution in [3.63, 3.8) is 0 Å². The van der Waals surface area contributed by atoms with Gasteiger partial charge in [0.1, 0.15) is 5.82 Å². The second-order valence-corrected chi connectivity index (χ2v) is 8.07. The van der Waals surface area contributed by atoms with Gasteiger partial charge in [-0.15, -0.1) is 0 Å². The maximum atomic E-state index is 13.2. The van der Waals surface area contributed by atoms with Crippen LogP contribution in [0.1, 0.15) is 29.2 Å². The summed E-state index contributed by atoms with van der Waals surface area (Å²) in [6, 6.07) is 34.0. The highest BCUT2D eigenvalue weighted by Crippen LogP contribution is 2.28. The zero-order valence-corrected chi connectivity index (χ0v) is 18.3. The number of pyridine rings is 1. The maximum absolute atomic E-state index is 13.2. The fourth-order valence-electron chi connectivity index (χ4n) is 4.11. The molecule has 162 valence electrons. The first-order chi connectivity index (χ1) is 16.2. The lowest BCUT2D eigenvalue weighted by Gasteiger charge is -2.18. The van der Waals surface area contributed by atoms with Crippen molar-refractivity contribution in [2.45, 2.75) is 19.3 Å². The Morgan fingerprint density at radius 3 is 2.18 bits per heavy atom. The van der Waals surface area contributed by atoms with Crippen LogP contribution in [0, 0.1) is 6.92 Å². The fraction of sp³-hybridized carbons (Fsp3) is 0.107. The van der Waals surface area contributed by atoms with E-state index in [2.05, 4.69) is 34.7 Å². The number of rotatable bonds is 6. The Labute approximate surface area is 192 Å². The number of para-hydroxylation sites is 1. The maximum Gasteiger partial charge on any atom is 0.226 e. The van der Waals surface area contributed by atoms with Crippen LogP contribution in [0.2, 0.25) is 0 Å². The average Bonchev–Trinajstić information content (AvgIpc) is 3.23. The van der Waals surface area contributed by atoms with Gasteiger partial charge in [-0.3, -0.25) is 4.79 Å². The summed E-state index contributed by atoms with van der Waals surface area (Å²) in [7, 11) is 0. The van der Waals surface area contributed by atoms with E-state index in [9.17, 15) is 4.79 Å². The number of amides is 1. The number of anilines is 1. The summed E-state index contributed by atoms with van der Waals surface area (Å²) >= 11 is 0. The highest BCUT2D eigenvalue weighted by atomic mass is 16.1. The number of aromatic nitrogens is 3. The molecule has 5 aromatic rings. The molecule has 33 heavy (non-hydrogen) atoms. The second-order valence-electron chi connectivity index (χ2n) is 8.07. The predicted octanol–water partition coefficient (Wildman–Crippen LogP) is 5.89. The number of hydrogen-bond acceptors (Lipinski definition) is 3. The summed E-state index contributed by atoms with van der Waals surface area (Å²) in [6.45, 7) is 1.91. The van der Waals surface area contributed by atoms with Gasteiger partial charge in [0.2, 0.25) is 5.91 Å². The number of hydrogen-bond donors (Lipinski definition) is 1. The molecule has 1 amide bonds. The fourth-order valence-corrected chi connectivity index (χ4v) is 4.11.